The van der Waals surface area contributed by atoms with Gasteiger partial charge in [0.25, 0.3) is 0 Å². The SMILES string of the molecule is NC(=O)C(N=S(=O)=O)c1ccccc1. The summed E-state index contributed by atoms with van der Waals surface area (Å²) in [6.07, 6.45) is 0. The van der Waals surface area contributed by atoms with Crippen LogP contribution in [0.3, 0.4) is 0 Å². The van der Waals surface area contributed by atoms with E-state index in [-0.39, 0.29) is 0 Å². The number of hydrogen-bond acceptors (Lipinski definition) is 4. The molecule has 0 aliphatic heterocycles. The fourth-order valence-electron chi connectivity index (χ4n) is 0.998. The number of carbonyl (C=O) groups excluding carboxylic acids is 1. The maximum Gasteiger partial charge on any atom is 0.312 e. The van der Waals surface area contributed by atoms with Crippen molar-refractivity contribution >= 4 is 16.4 Å². The number of carbonyl (C=O) groups is 1. The second kappa shape index (κ2) is 4.52. The van der Waals surface area contributed by atoms with Gasteiger partial charge in [-0.25, -0.2) is 0 Å². The van der Waals surface area contributed by atoms with E-state index in [1.807, 2.05) is 0 Å². The number of nitrogens with two attached hydrogens (primary N) is 1. The third-order valence-corrected chi connectivity index (χ3v) is 1.96. The molecule has 0 aromatic heterocycles. The van der Waals surface area contributed by atoms with Crippen LogP contribution in [0.25, 0.3) is 0 Å². The lowest BCUT2D eigenvalue weighted by atomic mass is 10.1. The van der Waals surface area contributed by atoms with E-state index in [0.29, 0.717) is 5.56 Å². The Kier molecular flexibility index (Phi) is 3.35. The van der Waals surface area contributed by atoms with Gasteiger partial charge in [-0.15, -0.1) is 0 Å². The molecule has 0 bridgehead atoms. The minimum atomic E-state index is -2.64. The summed E-state index contributed by atoms with van der Waals surface area (Å²) in [5.41, 5.74) is 5.47. The van der Waals surface area contributed by atoms with E-state index in [1.54, 1.807) is 30.3 Å². The van der Waals surface area contributed by atoms with Crippen LogP contribution in [0.1, 0.15) is 11.6 Å². The van der Waals surface area contributed by atoms with Gasteiger partial charge in [-0.1, -0.05) is 30.3 Å². The van der Waals surface area contributed by atoms with Crippen molar-refractivity contribution < 1.29 is 13.2 Å². The van der Waals surface area contributed by atoms with Crippen LogP contribution in [-0.4, -0.2) is 14.3 Å². The first-order valence-corrected chi connectivity index (χ1v) is 4.79. The summed E-state index contributed by atoms with van der Waals surface area (Å²) >= 11 is 0. The van der Waals surface area contributed by atoms with Crippen molar-refractivity contribution in [2.24, 2.45) is 10.1 Å². The molecule has 14 heavy (non-hydrogen) atoms. The van der Waals surface area contributed by atoms with Crippen molar-refractivity contribution in [1.82, 2.24) is 0 Å². The Hall–Kier alpha value is -1.69. The van der Waals surface area contributed by atoms with Gasteiger partial charge in [0.15, 0.2) is 6.04 Å². The molecule has 0 aliphatic carbocycles. The molecule has 2 N–H and O–H groups in total. The third kappa shape index (κ3) is 2.67. The number of hydrogen-bond donors (Lipinski definition) is 1. The zero-order valence-electron chi connectivity index (χ0n) is 7.12. The number of rotatable bonds is 3. The first-order chi connectivity index (χ1) is 6.61. The Bertz CT molecular complexity index is 445. The van der Waals surface area contributed by atoms with E-state index >= 15 is 0 Å². The van der Waals surface area contributed by atoms with E-state index in [0.717, 1.165) is 0 Å². The standard InChI is InChI=1S/C8H8N2O3S/c9-8(11)7(10-14(12)13)6-4-2-1-3-5-6/h1-5,7H,(H2,9,11). The molecule has 1 rings (SSSR count). The molecule has 0 saturated heterocycles. The van der Waals surface area contributed by atoms with Crippen molar-refractivity contribution in [2.75, 3.05) is 0 Å². The van der Waals surface area contributed by atoms with Crippen molar-refractivity contribution in [1.29, 1.82) is 0 Å². The quantitative estimate of drug-likeness (QED) is 0.780. The summed E-state index contributed by atoms with van der Waals surface area (Å²) in [4.78, 5) is 10.9. The average Bonchev–Trinajstić information content (AvgIpc) is 2.15. The molecule has 1 aromatic carbocycles. The zero-order valence-corrected chi connectivity index (χ0v) is 7.94. The van der Waals surface area contributed by atoms with Crippen LogP contribution in [0, 0.1) is 0 Å². The van der Waals surface area contributed by atoms with Gasteiger partial charge in [0.1, 0.15) is 0 Å². The summed E-state index contributed by atoms with van der Waals surface area (Å²) < 4.78 is 23.8. The summed E-state index contributed by atoms with van der Waals surface area (Å²) in [5, 5.41) is 0. The lowest BCUT2D eigenvalue weighted by Crippen LogP contribution is -2.19. The molecule has 0 fully saturated rings. The highest BCUT2D eigenvalue weighted by molar-refractivity contribution is 7.61. The van der Waals surface area contributed by atoms with Crippen LogP contribution in [0.15, 0.2) is 34.7 Å². The van der Waals surface area contributed by atoms with Crippen LogP contribution in [0.2, 0.25) is 0 Å². The summed E-state index contributed by atoms with van der Waals surface area (Å²) in [7, 11) is -2.64. The van der Waals surface area contributed by atoms with Gasteiger partial charge < -0.3 is 5.73 Å². The summed E-state index contributed by atoms with van der Waals surface area (Å²) in [6, 6.07) is 7.14. The Morgan fingerprint density at radius 3 is 2.29 bits per heavy atom. The van der Waals surface area contributed by atoms with Gasteiger partial charge in [-0.05, 0) is 5.56 Å². The van der Waals surface area contributed by atoms with Crippen LogP contribution >= 0.6 is 0 Å². The molecule has 1 atom stereocenters. The Labute approximate surface area is 82.3 Å². The zero-order chi connectivity index (χ0) is 10.6. The van der Waals surface area contributed by atoms with E-state index in [2.05, 4.69) is 4.36 Å². The van der Waals surface area contributed by atoms with E-state index in [9.17, 15) is 13.2 Å². The predicted molar refractivity (Wildman–Crippen MR) is 49.7 cm³/mol. The molecule has 74 valence electrons. The number of benzene rings is 1. The topological polar surface area (TPSA) is 89.6 Å². The largest absolute Gasteiger partial charge is 0.367 e. The number of amides is 1. The minimum Gasteiger partial charge on any atom is -0.367 e. The van der Waals surface area contributed by atoms with E-state index < -0.39 is 22.4 Å². The van der Waals surface area contributed by atoms with Crippen LogP contribution in [0.4, 0.5) is 0 Å². The molecule has 0 aliphatic rings. The summed E-state index contributed by atoms with van der Waals surface area (Å²) in [6.45, 7) is 0. The highest BCUT2D eigenvalue weighted by atomic mass is 32.2. The molecule has 5 nitrogen and oxygen atoms in total. The molecular weight excluding hydrogens is 204 g/mol. The lowest BCUT2D eigenvalue weighted by Gasteiger charge is -2.04. The molecule has 1 unspecified atom stereocenters. The molecule has 1 aromatic rings. The number of nitrogens with zero attached hydrogens (tertiary/aromatic N) is 1. The Balaban J connectivity index is 3.14. The van der Waals surface area contributed by atoms with Crippen molar-refractivity contribution in [3.05, 3.63) is 35.9 Å². The first-order valence-electron chi connectivity index (χ1n) is 3.75. The van der Waals surface area contributed by atoms with Crippen LogP contribution in [-0.2, 0) is 15.3 Å². The van der Waals surface area contributed by atoms with Gasteiger partial charge in [-0.2, -0.15) is 12.8 Å². The second-order valence-electron chi connectivity index (χ2n) is 2.54. The normalized spacial score (nSPS) is 11.7. The Morgan fingerprint density at radius 2 is 1.86 bits per heavy atom. The fourth-order valence-corrected chi connectivity index (χ4v) is 1.40. The molecule has 0 heterocycles. The molecule has 6 heteroatoms. The van der Waals surface area contributed by atoms with Gasteiger partial charge >= 0.3 is 10.5 Å². The fraction of sp³-hybridized carbons (Fsp3) is 0.125. The van der Waals surface area contributed by atoms with Crippen LogP contribution < -0.4 is 5.73 Å². The molecule has 0 spiro atoms. The minimum absolute atomic E-state index is 0.462. The monoisotopic (exact) mass is 212 g/mol. The van der Waals surface area contributed by atoms with Gasteiger partial charge in [-0.3, -0.25) is 4.79 Å². The van der Waals surface area contributed by atoms with Crippen LogP contribution in [0.5, 0.6) is 0 Å². The molecule has 0 radical (unpaired) electrons. The smallest absolute Gasteiger partial charge is 0.312 e. The van der Waals surface area contributed by atoms with Crippen molar-refractivity contribution in [3.63, 3.8) is 0 Å². The van der Waals surface area contributed by atoms with Gasteiger partial charge in [0.2, 0.25) is 5.91 Å². The van der Waals surface area contributed by atoms with Crippen molar-refractivity contribution in [2.45, 2.75) is 6.04 Å². The van der Waals surface area contributed by atoms with Crippen molar-refractivity contribution in [3.8, 4) is 0 Å². The Morgan fingerprint density at radius 1 is 1.29 bits per heavy atom. The maximum absolute atomic E-state index is 10.9. The lowest BCUT2D eigenvalue weighted by molar-refractivity contribution is -0.119. The average molecular weight is 212 g/mol. The first kappa shape index (κ1) is 10.4. The molecule has 1 amide bonds. The summed E-state index contributed by atoms with van der Waals surface area (Å²) in [5.74, 6) is -0.791. The highest BCUT2D eigenvalue weighted by Crippen LogP contribution is 2.15. The number of primary amides is 1. The predicted octanol–water partition coefficient (Wildman–Crippen LogP) is 0.276. The van der Waals surface area contributed by atoms with E-state index in [1.165, 1.54) is 0 Å². The van der Waals surface area contributed by atoms with Gasteiger partial charge in [0, 0.05) is 0 Å². The molecule has 0 saturated carbocycles. The van der Waals surface area contributed by atoms with Gasteiger partial charge in [0.05, 0.1) is 0 Å². The highest BCUT2D eigenvalue weighted by Gasteiger charge is 2.16. The van der Waals surface area contributed by atoms with E-state index in [4.69, 9.17) is 5.73 Å². The second-order valence-corrected chi connectivity index (χ2v) is 3.18. The maximum atomic E-state index is 10.9. The third-order valence-electron chi connectivity index (χ3n) is 1.58. The molecular formula is C8H8N2O3S.